The van der Waals surface area contributed by atoms with Crippen LogP contribution in [-0.2, 0) is 6.54 Å². The summed E-state index contributed by atoms with van der Waals surface area (Å²) >= 11 is 0. The predicted octanol–water partition coefficient (Wildman–Crippen LogP) is 1.62. The van der Waals surface area contributed by atoms with Crippen molar-refractivity contribution in [3.63, 3.8) is 0 Å². The second-order valence-corrected chi connectivity index (χ2v) is 3.67. The molecule has 110 valence electrons. The second-order valence-electron chi connectivity index (χ2n) is 3.67. The van der Waals surface area contributed by atoms with Gasteiger partial charge in [-0.1, -0.05) is 12.0 Å². The molecular formula is C14H20IN3O2. The summed E-state index contributed by atoms with van der Waals surface area (Å²) < 4.78 is 10.4. The molecule has 1 aromatic rings. The monoisotopic (exact) mass is 389 g/mol. The highest BCUT2D eigenvalue weighted by Crippen LogP contribution is 2.27. The van der Waals surface area contributed by atoms with Crippen molar-refractivity contribution in [2.45, 2.75) is 6.54 Å². The molecule has 5 nitrogen and oxygen atoms in total. The quantitative estimate of drug-likeness (QED) is 0.348. The molecule has 0 saturated carbocycles. The third kappa shape index (κ3) is 5.57. The van der Waals surface area contributed by atoms with Crippen LogP contribution in [0, 0.1) is 12.3 Å². The third-order valence-corrected chi connectivity index (χ3v) is 2.49. The van der Waals surface area contributed by atoms with Crippen LogP contribution in [0.1, 0.15) is 5.56 Å². The van der Waals surface area contributed by atoms with E-state index in [1.807, 2.05) is 18.2 Å². The number of benzene rings is 1. The highest BCUT2D eigenvalue weighted by molar-refractivity contribution is 14.0. The molecule has 0 amide bonds. The number of guanidine groups is 1. The Bertz CT molecular complexity index is 484. The Morgan fingerprint density at radius 1 is 1.25 bits per heavy atom. The third-order valence-electron chi connectivity index (χ3n) is 2.49. The Morgan fingerprint density at radius 2 is 1.95 bits per heavy atom. The van der Waals surface area contributed by atoms with E-state index in [4.69, 9.17) is 15.9 Å². The SMILES string of the molecule is C#CCNC(=NC)NCc1ccc(OC)c(OC)c1.I. The van der Waals surface area contributed by atoms with Crippen molar-refractivity contribution in [1.82, 2.24) is 10.6 Å². The Morgan fingerprint density at radius 3 is 2.50 bits per heavy atom. The maximum atomic E-state index is 5.25. The Balaban J connectivity index is 0.00000361. The van der Waals surface area contributed by atoms with E-state index in [0.717, 1.165) is 5.56 Å². The van der Waals surface area contributed by atoms with E-state index in [2.05, 4.69) is 21.5 Å². The first kappa shape index (κ1) is 18.4. The number of hydrogen-bond acceptors (Lipinski definition) is 3. The number of nitrogens with zero attached hydrogens (tertiary/aromatic N) is 1. The van der Waals surface area contributed by atoms with Crippen LogP contribution in [0.5, 0.6) is 11.5 Å². The highest BCUT2D eigenvalue weighted by Gasteiger charge is 2.04. The first-order valence-corrected chi connectivity index (χ1v) is 5.84. The van der Waals surface area contributed by atoms with Crippen LogP contribution in [-0.4, -0.2) is 33.8 Å². The standard InChI is InChI=1S/C14H19N3O2.HI/c1-5-8-16-14(15-2)17-10-11-6-7-12(18-3)13(9-11)19-4;/h1,6-7,9H,8,10H2,2-4H3,(H2,15,16,17);1H. The van der Waals surface area contributed by atoms with Crippen LogP contribution < -0.4 is 20.1 Å². The first-order chi connectivity index (χ1) is 9.24. The average Bonchev–Trinajstić information content (AvgIpc) is 2.47. The summed E-state index contributed by atoms with van der Waals surface area (Å²) in [5.74, 6) is 4.57. The Kier molecular flexibility index (Phi) is 9.38. The van der Waals surface area contributed by atoms with Gasteiger partial charge in [-0.15, -0.1) is 30.4 Å². The molecule has 0 bridgehead atoms. The smallest absolute Gasteiger partial charge is 0.192 e. The largest absolute Gasteiger partial charge is 0.493 e. The van der Waals surface area contributed by atoms with Gasteiger partial charge in [0.15, 0.2) is 17.5 Å². The molecule has 0 heterocycles. The summed E-state index contributed by atoms with van der Waals surface area (Å²) in [4.78, 5) is 4.06. The van der Waals surface area contributed by atoms with Gasteiger partial charge in [0.2, 0.25) is 0 Å². The fraction of sp³-hybridized carbons (Fsp3) is 0.357. The van der Waals surface area contributed by atoms with Gasteiger partial charge < -0.3 is 20.1 Å². The maximum absolute atomic E-state index is 5.25. The second kappa shape index (κ2) is 10.2. The normalized spacial score (nSPS) is 10.0. The van der Waals surface area contributed by atoms with E-state index in [1.165, 1.54) is 0 Å². The van der Waals surface area contributed by atoms with Gasteiger partial charge in [-0.3, -0.25) is 4.99 Å². The van der Waals surface area contributed by atoms with Gasteiger partial charge in [0, 0.05) is 13.6 Å². The van der Waals surface area contributed by atoms with Gasteiger partial charge >= 0.3 is 0 Å². The van der Waals surface area contributed by atoms with Gasteiger partial charge in [-0.05, 0) is 17.7 Å². The number of rotatable bonds is 5. The summed E-state index contributed by atoms with van der Waals surface area (Å²) in [5.41, 5.74) is 1.06. The maximum Gasteiger partial charge on any atom is 0.192 e. The molecule has 20 heavy (non-hydrogen) atoms. The fourth-order valence-electron chi connectivity index (χ4n) is 1.53. The number of terminal acetylenes is 1. The number of halogens is 1. The van der Waals surface area contributed by atoms with E-state index in [0.29, 0.717) is 30.5 Å². The molecule has 1 aromatic carbocycles. The highest BCUT2D eigenvalue weighted by atomic mass is 127. The molecule has 0 aliphatic heterocycles. The molecule has 0 spiro atoms. The summed E-state index contributed by atoms with van der Waals surface area (Å²) in [6.07, 6.45) is 5.18. The number of methoxy groups -OCH3 is 2. The lowest BCUT2D eigenvalue weighted by molar-refractivity contribution is 0.354. The van der Waals surface area contributed by atoms with Gasteiger partial charge in [0.05, 0.1) is 20.8 Å². The van der Waals surface area contributed by atoms with Crippen molar-refractivity contribution in [1.29, 1.82) is 0 Å². The minimum Gasteiger partial charge on any atom is -0.493 e. The van der Waals surface area contributed by atoms with Gasteiger partial charge in [0.25, 0.3) is 0 Å². The molecule has 0 fully saturated rings. The van der Waals surface area contributed by atoms with E-state index < -0.39 is 0 Å². The van der Waals surface area contributed by atoms with E-state index in [9.17, 15) is 0 Å². The van der Waals surface area contributed by atoms with Gasteiger partial charge in [0.1, 0.15) is 0 Å². The van der Waals surface area contributed by atoms with E-state index >= 15 is 0 Å². The lowest BCUT2D eigenvalue weighted by Gasteiger charge is -2.12. The molecule has 0 unspecified atom stereocenters. The number of ether oxygens (including phenoxy) is 2. The molecule has 1 rings (SSSR count). The lowest BCUT2D eigenvalue weighted by Crippen LogP contribution is -2.36. The van der Waals surface area contributed by atoms with Crippen molar-refractivity contribution in [3.8, 4) is 23.8 Å². The number of nitrogens with one attached hydrogen (secondary N) is 2. The topological polar surface area (TPSA) is 54.9 Å². The summed E-state index contributed by atoms with van der Waals surface area (Å²) in [7, 11) is 4.92. The first-order valence-electron chi connectivity index (χ1n) is 5.84. The summed E-state index contributed by atoms with van der Waals surface area (Å²) in [6, 6.07) is 5.75. The predicted molar refractivity (Wildman–Crippen MR) is 92.0 cm³/mol. The number of aliphatic imine (C=N–C) groups is 1. The van der Waals surface area contributed by atoms with Gasteiger partial charge in [-0.2, -0.15) is 0 Å². The molecule has 0 aromatic heterocycles. The van der Waals surface area contributed by atoms with Crippen molar-refractivity contribution >= 4 is 29.9 Å². The Hall–Kier alpha value is -1.62. The molecule has 0 saturated heterocycles. The molecule has 0 atom stereocenters. The van der Waals surface area contributed by atoms with Crippen LogP contribution >= 0.6 is 24.0 Å². The zero-order valence-corrected chi connectivity index (χ0v) is 14.2. The average molecular weight is 389 g/mol. The zero-order chi connectivity index (χ0) is 14.1. The van der Waals surface area contributed by atoms with Crippen LogP contribution in [0.4, 0.5) is 0 Å². The lowest BCUT2D eigenvalue weighted by atomic mass is 10.2. The van der Waals surface area contributed by atoms with Crippen LogP contribution in [0.3, 0.4) is 0 Å². The number of hydrogen-bond donors (Lipinski definition) is 2. The summed E-state index contributed by atoms with van der Waals surface area (Å²) in [5, 5.41) is 6.14. The van der Waals surface area contributed by atoms with Crippen LogP contribution in [0.15, 0.2) is 23.2 Å². The minimum atomic E-state index is 0. The molecule has 0 aliphatic carbocycles. The Labute approximate surface area is 137 Å². The van der Waals surface area contributed by atoms with Gasteiger partial charge in [-0.25, -0.2) is 0 Å². The fourth-order valence-corrected chi connectivity index (χ4v) is 1.53. The van der Waals surface area contributed by atoms with Crippen molar-refractivity contribution in [2.24, 2.45) is 4.99 Å². The molecule has 6 heteroatoms. The zero-order valence-electron chi connectivity index (χ0n) is 11.9. The van der Waals surface area contributed by atoms with Crippen molar-refractivity contribution in [2.75, 3.05) is 27.8 Å². The minimum absolute atomic E-state index is 0. The summed E-state index contributed by atoms with van der Waals surface area (Å²) in [6.45, 7) is 1.05. The van der Waals surface area contributed by atoms with E-state index in [1.54, 1.807) is 21.3 Å². The molecule has 0 aliphatic rings. The van der Waals surface area contributed by atoms with Crippen molar-refractivity contribution < 1.29 is 9.47 Å². The van der Waals surface area contributed by atoms with E-state index in [-0.39, 0.29) is 24.0 Å². The van der Waals surface area contributed by atoms with Crippen molar-refractivity contribution in [3.05, 3.63) is 23.8 Å². The molecular weight excluding hydrogens is 369 g/mol. The molecule has 0 radical (unpaired) electrons. The molecule has 2 N–H and O–H groups in total. The van der Waals surface area contributed by atoms with Crippen LogP contribution in [0.25, 0.3) is 0 Å². The van der Waals surface area contributed by atoms with Crippen LogP contribution in [0.2, 0.25) is 0 Å².